The molecule has 1 fully saturated rings. The molecule has 0 aromatic heterocycles. The second kappa shape index (κ2) is 9.33. The monoisotopic (exact) mass is 360 g/mol. The Kier molecular flexibility index (Phi) is 7.15. The fraction of sp³-hybridized carbons (Fsp3) is 0.526. The molecule has 0 unspecified atom stereocenters. The molecule has 1 aromatic carbocycles. The van der Waals surface area contributed by atoms with E-state index >= 15 is 0 Å². The van der Waals surface area contributed by atoms with E-state index in [-0.39, 0.29) is 36.9 Å². The first-order chi connectivity index (χ1) is 12.4. The first-order valence-electron chi connectivity index (χ1n) is 9.06. The van der Waals surface area contributed by atoms with Crippen LogP contribution in [0.2, 0.25) is 0 Å². The fourth-order valence-corrected chi connectivity index (χ4v) is 2.74. The summed E-state index contributed by atoms with van der Waals surface area (Å²) < 4.78 is 0. The number of carbonyl (C=O) groups is 3. The maximum Gasteiger partial charge on any atom is 0.238 e. The van der Waals surface area contributed by atoms with Gasteiger partial charge in [-0.05, 0) is 56.5 Å². The van der Waals surface area contributed by atoms with Crippen molar-refractivity contribution in [1.82, 2.24) is 10.2 Å². The third kappa shape index (κ3) is 6.84. The minimum absolute atomic E-state index is 0.0429. The van der Waals surface area contributed by atoms with Gasteiger partial charge in [-0.3, -0.25) is 19.3 Å². The number of anilines is 2. The second-order valence-corrected chi connectivity index (χ2v) is 6.80. The van der Waals surface area contributed by atoms with E-state index in [4.69, 9.17) is 0 Å². The summed E-state index contributed by atoms with van der Waals surface area (Å²) in [6, 6.07) is 7.10. The highest BCUT2D eigenvalue weighted by Gasteiger charge is 2.29. The summed E-state index contributed by atoms with van der Waals surface area (Å²) in [5.41, 5.74) is 1.32. The summed E-state index contributed by atoms with van der Waals surface area (Å²) in [6.45, 7) is 6.37. The van der Waals surface area contributed by atoms with Gasteiger partial charge in [-0.1, -0.05) is 6.92 Å². The number of hydrogen-bond acceptors (Lipinski definition) is 4. The van der Waals surface area contributed by atoms with Crippen LogP contribution in [0, 0.1) is 5.92 Å². The number of rotatable bonds is 9. The largest absolute Gasteiger partial charge is 0.352 e. The van der Waals surface area contributed by atoms with Gasteiger partial charge >= 0.3 is 0 Å². The van der Waals surface area contributed by atoms with Crippen LogP contribution in [0.4, 0.5) is 11.4 Å². The number of carbonyl (C=O) groups excluding carboxylic acids is 3. The third-order valence-corrected chi connectivity index (χ3v) is 4.39. The molecule has 0 spiro atoms. The van der Waals surface area contributed by atoms with Gasteiger partial charge in [0, 0.05) is 24.3 Å². The van der Waals surface area contributed by atoms with Crippen LogP contribution in [-0.2, 0) is 14.4 Å². The Morgan fingerprint density at radius 3 is 2.08 bits per heavy atom. The minimum Gasteiger partial charge on any atom is -0.352 e. The Balaban J connectivity index is 1.78. The van der Waals surface area contributed by atoms with E-state index in [1.807, 2.05) is 13.8 Å². The smallest absolute Gasteiger partial charge is 0.238 e. The zero-order valence-electron chi connectivity index (χ0n) is 15.7. The SMILES string of the molecule is CCN(CC(=O)Nc1ccc(NC(C)=O)cc1)CC(=O)N[C@H](C)C1CC1. The van der Waals surface area contributed by atoms with Gasteiger partial charge in [0.25, 0.3) is 0 Å². The Morgan fingerprint density at radius 2 is 1.58 bits per heavy atom. The number of amides is 3. The molecule has 26 heavy (non-hydrogen) atoms. The van der Waals surface area contributed by atoms with Crippen molar-refractivity contribution in [3.05, 3.63) is 24.3 Å². The van der Waals surface area contributed by atoms with Crippen LogP contribution in [0.3, 0.4) is 0 Å². The lowest BCUT2D eigenvalue weighted by Gasteiger charge is -2.21. The molecule has 3 N–H and O–H groups in total. The summed E-state index contributed by atoms with van der Waals surface area (Å²) in [6.07, 6.45) is 2.37. The maximum absolute atomic E-state index is 12.2. The average molecular weight is 360 g/mol. The number of hydrogen-bond donors (Lipinski definition) is 3. The molecule has 0 heterocycles. The van der Waals surface area contributed by atoms with Crippen LogP contribution in [0.1, 0.15) is 33.6 Å². The predicted molar refractivity (Wildman–Crippen MR) is 102 cm³/mol. The molecule has 7 heteroatoms. The van der Waals surface area contributed by atoms with Crippen molar-refractivity contribution in [2.45, 2.75) is 39.7 Å². The molecule has 142 valence electrons. The predicted octanol–water partition coefficient (Wildman–Crippen LogP) is 1.82. The van der Waals surface area contributed by atoms with Crippen LogP contribution in [0.5, 0.6) is 0 Å². The van der Waals surface area contributed by atoms with Crippen LogP contribution in [-0.4, -0.2) is 48.3 Å². The minimum atomic E-state index is -0.179. The molecule has 1 saturated carbocycles. The van der Waals surface area contributed by atoms with Crippen molar-refractivity contribution in [1.29, 1.82) is 0 Å². The summed E-state index contributed by atoms with van der Waals surface area (Å²) in [5, 5.41) is 8.48. The van der Waals surface area contributed by atoms with E-state index in [9.17, 15) is 14.4 Å². The van der Waals surface area contributed by atoms with Crippen LogP contribution >= 0.6 is 0 Å². The molecule has 1 aliphatic carbocycles. The first kappa shape index (κ1) is 19.9. The summed E-state index contributed by atoms with van der Waals surface area (Å²) in [5.74, 6) is 0.244. The molecule has 0 saturated heterocycles. The molecule has 1 atom stereocenters. The molecular formula is C19H28N4O3. The van der Waals surface area contributed by atoms with Crippen LogP contribution in [0.25, 0.3) is 0 Å². The van der Waals surface area contributed by atoms with Crippen LogP contribution < -0.4 is 16.0 Å². The van der Waals surface area contributed by atoms with Crippen molar-refractivity contribution < 1.29 is 14.4 Å². The topological polar surface area (TPSA) is 90.5 Å². The molecule has 1 aliphatic rings. The highest BCUT2D eigenvalue weighted by atomic mass is 16.2. The van der Waals surface area contributed by atoms with Gasteiger partial charge < -0.3 is 16.0 Å². The van der Waals surface area contributed by atoms with Gasteiger partial charge in [-0.2, -0.15) is 0 Å². The summed E-state index contributed by atoms with van der Waals surface area (Å²) >= 11 is 0. The number of benzene rings is 1. The van der Waals surface area contributed by atoms with E-state index in [0.717, 1.165) is 0 Å². The maximum atomic E-state index is 12.2. The van der Waals surface area contributed by atoms with Crippen molar-refractivity contribution >= 4 is 29.1 Å². The molecule has 2 rings (SSSR count). The molecule has 7 nitrogen and oxygen atoms in total. The Morgan fingerprint density at radius 1 is 1.04 bits per heavy atom. The molecule has 0 bridgehead atoms. The lowest BCUT2D eigenvalue weighted by molar-refractivity contribution is -0.124. The number of nitrogens with zero attached hydrogens (tertiary/aromatic N) is 1. The van der Waals surface area contributed by atoms with Crippen molar-refractivity contribution in [3.8, 4) is 0 Å². The van der Waals surface area contributed by atoms with E-state index < -0.39 is 0 Å². The molecule has 0 aliphatic heterocycles. The van der Waals surface area contributed by atoms with Gasteiger partial charge in [0.2, 0.25) is 17.7 Å². The number of likely N-dealkylation sites (N-methyl/N-ethyl adjacent to an activating group) is 1. The zero-order chi connectivity index (χ0) is 19.1. The Labute approximate surface area is 154 Å². The third-order valence-electron chi connectivity index (χ3n) is 4.39. The zero-order valence-corrected chi connectivity index (χ0v) is 15.7. The lowest BCUT2D eigenvalue weighted by atomic mass is 10.2. The van der Waals surface area contributed by atoms with E-state index in [1.165, 1.54) is 19.8 Å². The normalized spacial score (nSPS) is 14.6. The van der Waals surface area contributed by atoms with Gasteiger partial charge in [0.1, 0.15) is 0 Å². The highest BCUT2D eigenvalue weighted by Crippen LogP contribution is 2.32. The summed E-state index contributed by atoms with van der Waals surface area (Å²) in [7, 11) is 0. The number of nitrogens with one attached hydrogen (secondary N) is 3. The van der Waals surface area contributed by atoms with E-state index in [1.54, 1.807) is 29.2 Å². The quantitative estimate of drug-likeness (QED) is 0.626. The summed E-state index contributed by atoms with van der Waals surface area (Å²) in [4.78, 5) is 37.1. The Bertz CT molecular complexity index is 641. The van der Waals surface area contributed by atoms with Gasteiger partial charge in [-0.25, -0.2) is 0 Å². The van der Waals surface area contributed by atoms with Gasteiger partial charge in [-0.15, -0.1) is 0 Å². The molecule has 3 amide bonds. The highest BCUT2D eigenvalue weighted by molar-refractivity contribution is 5.93. The van der Waals surface area contributed by atoms with Gasteiger partial charge in [0.05, 0.1) is 13.1 Å². The average Bonchev–Trinajstić information content (AvgIpc) is 3.40. The molecular weight excluding hydrogens is 332 g/mol. The standard InChI is InChI=1S/C19H28N4O3/c1-4-23(11-18(25)20-13(2)15-5-6-15)12-19(26)22-17-9-7-16(8-10-17)21-14(3)24/h7-10,13,15H,4-6,11-12H2,1-3H3,(H,20,25)(H,21,24)(H,22,26)/t13-/m1/s1. The van der Waals surface area contributed by atoms with Crippen LogP contribution in [0.15, 0.2) is 24.3 Å². The van der Waals surface area contributed by atoms with Crippen molar-refractivity contribution in [2.24, 2.45) is 5.92 Å². The molecule has 1 aromatic rings. The van der Waals surface area contributed by atoms with E-state index in [2.05, 4.69) is 16.0 Å². The van der Waals surface area contributed by atoms with Crippen molar-refractivity contribution in [2.75, 3.05) is 30.3 Å². The van der Waals surface area contributed by atoms with Gasteiger partial charge in [0.15, 0.2) is 0 Å². The second-order valence-electron chi connectivity index (χ2n) is 6.80. The Hall–Kier alpha value is -2.41. The fourth-order valence-electron chi connectivity index (χ4n) is 2.74. The van der Waals surface area contributed by atoms with E-state index in [0.29, 0.717) is 23.8 Å². The molecule has 0 radical (unpaired) electrons. The van der Waals surface area contributed by atoms with Crippen molar-refractivity contribution in [3.63, 3.8) is 0 Å². The first-order valence-corrected chi connectivity index (χ1v) is 9.06. The lowest BCUT2D eigenvalue weighted by Crippen LogP contribution is -2.44.